The van der Waals surface area contributed by atoms with Crippen molar-refractivity contribution in [3.8, 4) is 0 Å². The first kappa shape index (κ1) is 12.3. The molecule has 1 rings (SSSR count). The van der Waals surface area contributed by atoms with Gasteiger partial charge in [-0.1, -0.05) is 13.5 Å². The van der Waals surface area contributed by atoms with Gasteiger partial charge in [-0.2, -0.15) is 0 Å². The molecule has 0 aliphatic carbocycles. The Morgan fingerprint density at radius 3 is 2.23 bits per heavy atom. The number of ketones is 1. The Morgan fingerprint density at radius 2 is 2.15 bits per heavy atom. The maximum atomic E-state index is 9.69. The van der Waals surface area contributed by atoms with Gasteiger partial charge in [0.05, 0.1) is 19.8 Å². The van der Waals surface area contributed by atoms with E-state index in [0.29, 0.717) is 5.41 Å². The highest BCUT2D eigenvalue weighted by Crippen LogP contribution is 2.25. The Morgan fingerprint density at radius 1 is 1.69 bits per heavy atom. The molecular formula is C10H18O3. The van der Waals surface area contributed by atoms with E-state index < -0.39 is 0 Å². The number of allylic oxidation sites excluding steroid dienone is 1. The second-order valence-corrected chi connectivity index (χ2v) is 3.55. The van der Waals surface area contributed by atoms with Crippen molar-refractivity contribution in [3.05, 3.63) is 12.7 Å². The summed E-state index contributed by atoms with van der Waals surface area (Å²) in [4.78, 5) is 9.69. The molecule has 3 heteroatoms. The van der Waals surface area contributed by atoms with Crippen LogP contribution in [0.25, 0.3) is 0 Å². The molecule has 0 aromatic heterocycles. The average Bonchev–Trinajstić information content (AvgIpc) is 2.03. The van der Waals surface area contributed by atoms with Crippen LogP contribution in [-0.2, 0) is 14.3 Å². The molecule has 0 saturated carbocycles. The molecule has 0 unspecified atom stereocenters. The van der Waals surface area contributed by atoms with E-state index in [2.05, 4.69) is 13.5 Å². The fourth-order valence-corrected chi connectivity index (χ4v) is 0.882. The summed E-state index contributed by atoms with van der Waals surface area (Å²) in [6.45, 7) is 9.39. The van der Waals surface area contributed by atoms with E-state index >= 15 is 0 Å². The summed E-state index contributed by atoms with van der Waals surface area (Å²) >= 11 is 0. The normalized spacial score (nSPS) is 17.8. The lowest BCUT2D eigenvalue weighted by Crippen LogP contribution is -2.43. The molecule has 0 N–H and O–H groups in total. The van der Waals surface area contributed by atoms with Gasteiger partial charge in [-0.05, 0) is 13.0 Å². The van der Waals surface area contributed by atoms with Crippen LogP contribution in [0.4, 0.5) is 0 Å². The first-order valence-corrected chi connectivity index (χ1v) is 4.24. The third kappa shape index (κ3) is 5.55. The molecular weight excluding hydrogens is 168 g/mol. The Kier molecular flexibility index (Phi) is 5.58. The van der Waals surface area contributed by atoms with E-state index in [-0.39, 0.29) is 5.78 Å². The van der Waals surface area contributed by atoms with E-state index in [9.17, 15) is 4.79 Å². The molecule has 0 amide bonds. The van der Waals surface area contributed by atoms with Crippen LogP contribution >= 0.6 is 0 Å². The molecule has 0 radical (unpaired) electrons. The lowest BCUT2D eigenvalue weighted by Gasteiger charge is -2.37. The number of rotatable bonds is 3. The summed E-state index contributed by atoms with van der Waals surface area (Å²) in [5, 5.41) is 0. The number of carbonyl (C=O) groups is 1. The van der Waals surface area contributed by atoms with Crippen molar-refractivity contribution < 1.29 is 14.3 Å². The van der Waals surface area contributed by atoms with Gasteiger partial charge >= 0.3 is 0 Å². The van der Waals surface area contributed by atoms with E-state index in [0.717, 1.165) is 19.8 Å². The van der Waals surface area contributed by atoms with Gasteiger partial charge in [0, 0.05) is 12.5 Å². The van der Waals surface area contributed by atoms with E-state index in [1.807, 2.05) is 0 Å². The van der Waals surface area contributed by atoms with Crippen molar-refractivity contribution in [3.63, 3.8) is 0 Å². The van der Waals surface area contributed by atoms with Gasteiger partial charge in [-0.25, -0.2) is 0 Å². The molecule has 1 saturated heterocycles. The number of carbonyl (C=O) groups excluding carboxylic acids is 1. The lowest BCUT2D eigenvalue weighted by molar-refractivity contribution is -0.131. The third-order valence-electron chi connectivity index (χ3n) is 1.68. The molecule has 1 aliphatic rings. The van der Waals surface area contributed by atoms with E-state index in [1.54, 1.807) is 7.11 Å². The van der Waals surface area contributed by atoms with Gasteiger partial charge in [-0.3, -0.25) is 4.79 Å². The zero-order valence-electron chi connectivity index (χ0n) is 8.63. The molecule has 0 atom stereocenters. The van der Waals surface area contributed by atoms with E-state index in [1.165, 1.54) is 13.0 Å². The van der Waals surface area contributed by atoms with Crippen molar-refractivity contribution in [2.45, 2.75) is 13.8 Å². The molecule has 13 heavy (non-hydrogen) atoms. The topological polar surface area (TPSA) is 35.5 Å². The summed E-state index contributed by atoms with van der Waals surface area (Å²) < 4.78 is 9.98. The Labute approximate surface area is 79.7 Å². The zero-order valence-corrected chi connectivity index (χ0v) is 8.63. The van der Waals surface area contributed by atoms with Gasteiger partial charge in [-0.15, -0.1) is 0 Å². The van der Waals surface area contributed by atoms with Crippen LogP contribution < -0.4 is 0 Å². The highest BCUT2D eigenvalue weighted by Gasteiger charge is 2.32. The average molecular weight is 186 g/mol. The monoisotopic (exact) mass is 186 g/mol. The standard InChI is InChI=1S/C6H12O2.C4H6O/c1-6(3-7-2)4-8-5-6;1-3-4(2)5/h3-5H2,1-2H3;3H,1H2,2H3. The highest BCUT2D eigenvalue weighted by atomic mass is 16.5. The minimum absolute atomic E-state index is 0.0185. The molecule has 0 spiro atoms. The number of hydrogen-bond donors (Lipinski definition) is 0. The van der Waals surface area contributed by atoms with Crippen LogP contribution in [0.5, 0.6) is 0 Å². The molecule has 1 heterocycles. The van der Waals surface area contributed by atoms with Gasteiger partial charge in [0.1, 0.15) is 0 Å². The molecule has 0 aromatic rings. The largest absolute Gasteiger partial charge is 0.384 e. The van der Waals surface area contributed by atoms with Crippen LogP contribution in [0.3, 0.4) is 0 Å². The minimum atomic E-state index is 0.0185. The Hall–Kier alpha value is -0.670. The van der Waals surface area contributed by atoms with Gasteiger partial charge in [0.2, 0.25) is 0 Å². The minimum Gasteiger partial charge on any atom is -0.384 e. The van der Waals surface area contributed by atoms with Crippen molar-refractivity contribution >= 4 is 5.78 Å². The third-order valence-corrected chi connectivity index (χ3v) is 1.68. The van der Waals surface area contributed by atoms with Gasteiger partial charge in [0.25, 0.3) is 0 Å². The first-order chi connectivity index (χ1) is 6.04. The molecule has 1 fully saturated rings. The van der Waals surface area contributed by atoms with E-state index in [4.69, 9.17) is 9.47 Å². The molecule has 0 aromatic carbocycles. The summed E-state index contributed by atoms with van der Waals surface area (Å²) in [6.07, 6.45) is 1.28. The van der Waals surface area contributed by atoms with Crippen LogP contribution in [0.2, 0.25) is 0 Å². The van der Waals surface area contributed by atoms with Crippen molar-refractivity contribution in [2.75, 3.05) is 26.9 Å². The van der Waals surface area contributed by atoms with Gasteiger partial charge in [0.15, 0.2) is 5.78 Å². The van der Waals surface area contributed by atoms with Crippen molar-refractivity contribution in [1.82, 2.24) is 0 Å². The smallest absolute Gasteiger partial charge is 0.152 e. The Bertz CT molecular complexity index is 171. The SMILES string of the molecule is C=CC(C)=O.COCC1(C)COC1. The number of ether oxygens (including phenoxy) is 2. The predicted octanol–water partition coefficient (Wildman–Crippen LogP) is 1.43. The van der Waals surface area contributed by atoms with Crippen LogP contribution in [0.15, 0.2) is 12.7 Å². The first-order valence-electron chi connectivity index (χ1n) is 4.24. The summed E-state index contributed by atoms with van der Waals surface area (Å²) in [6, 6.07) is 0. The molecule has 76 valence electrons. The molecule has 1 aliphatic heterocycles. The van der Waals surface area contributed by atoms with Crippen LogP contribution in [-0.4, -0.2) is 32.7 Å². The zero-order chi connectivity index (χ0) is 10.3. The summed E-state index contributed by atoms with van der Waals surface area (Å²) in [5.41, 5.74) is 0.328. The lowest BCUT2D eigenvalue weighted by atomic mass is 9.90. The second kappa shape index (κ2) is 5.89. The number of methoxy groups -OCH3 is 1. The molecule has 0 bridgehead atoms. The quantitative estimate of drug-likeness (QED) is 0.625. The number of hydrogen-bond acceptors (Lipinski definition) is 3. The second-order valence-electron chi connectivity index (χ2n) is 3.55. The maximum Gasteiger partial charge on any atom is 0.152 e. The fraction of sp³-hybridized carbons (Fsp3) is 0.700. The predicted molar refractivity (Wildman–Crippen MR) is 51.7 cm³/mol. The Balaban J connectivity index is 0.000000252. The van der Waals surface area contributed by atoms with Crippen molar-refractivity contribution in [1.29, 1.82) is 0 Å². The maximum absolute atomic E-state index is 9.69. The summed E-state index contributed by atoms with van der Waals surface area (Å²) in [7, 11) is 1.73. The summed E-state index contributed by atoms with van der Waals surface area (Å²) in [5.74, 6) is 0.0185. The van der Waals surface area contributed by atoms with Crippen LogP contribution in [0.1, 0.15) is 13.8 Å². The van der Waals surface area contributed by atoms with Gasteiger partial charge < -0.3 is 9.47 Å². The highest BCUT2D eigenvalue weighted by molar-refractivity contribution is 5.86. The van der Waals surface area contributed by atoms with Crippen molar-refractivity contribution in [2.24, 2.45) is 5.41 Å². The molecule has 3 nitrogen and oxygen atoms in total. The van der Waals surface area contributed by atoms with Crippen LogP contribution in [0, 0.1) is 5.41 Å². The fourth-order valence-electron chi connectivity index (χ4n) is 0.882.